The van der Waals surface area contributed by atoms with Crippen LogP contribution in [0.5, 0.6) is 0 Å². The molecule has 0 spiro atoms. The number of hydrogen-bond acceptors (Lipinski definition) is 3. The molecule has 1 saturated carbocycles. The van der Waals surface area contributed by atoms with Gasteiger partial charge < -0.3 is 10.8 Å². The van der Waals surface area contributed by atoms with Crippen molar-refractivity contribution in [2.24, 2.45) is 5.92 Å². The van der Waals surface area contributed by atoms with Crippen LogP contribution in [0, 0.1) is 5.92 Å². The molecule has 18 heavy (non-hydrogen) atoms. The van der Waals surface area contributed by atoms with Gasteiger partial charge in [0, 0.05) is 15.8 Å². The number of thioether (sulfide) groups is 1. The fraction of sp³-hybridized carbons (Fsp3) is 0.500. The van der Waals surface area contributed by atoms with Crippen LogP contribution in [0.25, 0.3) is 0 Å². The molecule has 1 aliphatic rings. The second-order valence-electron chi connectivity index (χ2n) is 5.07. The summed E-state index contributed by atoms with van der Waals surface area (Å²) in [6.45, 7) is 2.28. The number of aromatic carboxylic acids is 1. The van der Waals surface area contributed by atoms with Crippen molar-refractivity contribution in [2.45, 2.75) is 42.8 Å². The SMILES string of the molecule is CC1CCCC(Sc2cc(C(=O)O)ccc2N)C1. The van der Waals surface area contributed by atoms with E-state index in [0.29, 0.717) is 16.5 Å². The van der Waals surface area contributed by atoms with Crippen LogP contribution in [0.3, 0.4) is 0 Å². The van der Waals surface area contributed by atoms with Crippen LogP contribution in [0.4, 0.5) is 5.69 Å². The molecule has 1 aromatic carbocycles. The third-order valence-electron chi connectivity index (χ3n) is 3.44. The van der Waals surface area contributed by atoms with Crippen molar-refractivity contribution >= 4 is 23.4 Å². The maximum atomic E-state index is 11.0. The molecule has 4 heteroatoms. The minimum absolute atomic E-state index is 0.315. The van der Waals surface area contributed by atoms with Crippen LogP contribution in [0.1, 0.15) is 43.0 Å². The molecule has 2 rings (SSSR count). The average Bonchev–Trinajstić information content (AvgIpc) is 2.31. The third kappa shape index (κ3) is 3.19. The molecule has 0 saturated heterocycles. The molecule has 1 aromatic rings. The standard InChI is InChI=1S/C14H19NO2S/c1-9-3-2-4-11(7-9)18-13-8-10(14(16)17)5-6-12(13)15/h5-6,8-9,11H,2-4,7,15H2,1H3,(H,16,17). The summed E-state index contributed by atoms with van der Waals surface area (Å²) in [5, 5.41) is 9.57. The molecule has 0 amide bonds. The van der Waals surface area contributed by atoms with Crippen molar-refractivity contribution in [2.75, 3.05) is 5.73 Å². The van der Waals surface area contributed by atoms with Gasteiger partial charge in [0.05, 0.1) is 5.56 Å². The second kappa shape index (κ2) is 5.65. The topological polar surface area (TPSA) is 63.3 Å². The zero-order chi connectivity index (χ0) is 13.1. The van der Waals surface area contributed by atoms with Crippen molar-refractivity contribution < 1.29 is 9.90 Å². The van der Waals surface area contributed by atoms with Gasteiger partial charge in [-0.1, -0.05) is 19.8 Å². The molecular weight excluding hydrogens is 246 g/mol. The first-order valence-corrected chi connectivity index (χ1v) is 7.23. The van der Waals surface area contributed by atoms with Gasteiger partial charge in [0.25, 0.3) is 0 Å². The highest BCUT2D eigenvalue weighted by Crippen LogP contribution is 2.38. The Morgan fingerprint density at radius 2 is 2.22 bits per heavy atom. The Balaban J connectivity index is 2.12. The molecule has 0 radical (unpaired) electrons. The highest BCUT2D eigenvalue weighted by molar-refractivity contribution is 8.00. The summed E-state index contributed by atoms with van der Waals surface area (Å²) >= 11 is 1.74. The summed E-state index contributed by atoms with van der Waals surface area (Å²) in [7, 11) is 0. The van der Waals surface area contributed by atoms with Gasteiger partial charge in [0.15, 0.2) is 0 Å². The van der Waals surface area contributed by atoms with E-state index in [2.05, 4.69) is 6.92 Å². The molecule has 98 valence electrons. The Morgan fingerprint density at radius 3 is 2.89 bits per heavy atom. The highest BCUT2D eigenvalue weighted by Gasteiger charge is 2.21. The molecule has 1 aliphatic carbocycles. The summed E-state index contributed by atoms with van der Waals surface area (Å²) in [4.78, 5) is 11.9. The molecular formula is C14H19NO2S. The number of rotatable bonds is 3. The van der Waals surface area contributed by atoms with Gasteiger partial charge in [-0.2, -0.15) is 0 Å². The Kier molecular flexibility index (Phi) is 4.17. The predicted molar refractivity (Wildman–Crippen MR) is 75.1 cm³/mol. The quantitative estimate of drug-likeness (QED) is 0.819. The van der Waals surface area contributed by atoms with E-state index in [1.165, 1.54) is 25.7 Å². The Morgan fingerprint density at radius 1 is 1.44 bits per heavy atom. The molecule has 0 aromatic heterocycles. The van der Waals surface area contributed by atoms with Crippen LogP contribution >= 0.6 is 11.8 Å². The van der Waals surface area contributed by atoms with E-state index < -0.39 is 5.97 Å². The van der Waals surface area contributed by atoms with E-state index in [1.54, 1.807) is 30.0 Å². The van der Waals surface area contributed by atoms with Crippen LogP contribution in [-0.4, -0.2) is 16.3 Å². The van der Waals surface area contributed by atoms with Crippen LogP contribution in [-0.2, 0) is 0 Å². The van der Waals surface area contributed by atoms with Crippen molar-refractivity contribution in [1.29, 1.82) is 0 Å². The van der Waals surface area contributed by atoms with Gasteiger partial charge in [0.1, 0.15) is 0 Å². The number of nitrogen functional groups attached to an aromatic ring is 1. The molecule has 3 nitrogen and oxygen atoms in total. The monoisotopic (exact) mass is 265 g/mol. The third-order valence-corrected chi connectivity index (χ3v) is 4.81. The molecule has 0 bridgehead atoms. The lowest BCUT2D eigenvalue weighted by Crippen LogP contribution is -2.15. The normalized spacial score (nSPS) is 23.8. The summed E-state index contributed by atoms with van der Waals surface area (Å²) < 4.78 is 0. The summed E-state index contributed by atoms with van der Waals surface area (Å²) in [6.07, 6.45) is 4.96. The van der Waals surface area contributed by atoms with Gasteiger partial charge in [0.2, 0.25) is 0 Å². The minimum atomic E-state index is -0.895. The number of carbonyl (C=O) groups is 1. The molecule has 0 aliphatic heterocycles. The van der Waals surface area contributed by atoms with Gasteiger partial charge in [-0.3, -0.25) is 0 Å². The fourth-order valence-corrected chi connectivity index (χ4v) is 3.90. The lowest BCUT2D eigenvalue weighted by Gasteiger charge is -2.26. The van der Waals surface area contributed by atoms with Crippen LogP contribution < -0.4 is 5.73 Å². The van der Waals surface area contributed by atoms with E-state index in [4.69, 9.17) is 10.8 Å². The highest BCUT2D eigenvalue weighted by atomic mass is 32.2. The maximum absolute atomic E-state index is 11.0. The number of anilines is 1. The average molecular weight is 265 g/mol. The van der Waals surface area contributed by atoms with Crippen LogP contribution in [0.15, 0.2) is 23.1 Å². The zero-order valence-corrected chi connectivity index (χ0v) is 11.4. The van der Waals surface area contributed by atoms with Crippen molar-refractivity contribution in [1.82, 2.24) is 0 Å². The van der Waals surface area contributed by atoms with Gasteiger partial charge in [-0.25, -0.2) is 4.79 Å². The lowest BCUT2D eigenvalue weighted by atomic mass is 9.91. The molecule has 2 atom stereocenters. The molecule has 1 fully saturated rings. The lowest BCUT2D eigenvalue weighted by molar-refractivity contribution is 0.0696. The van der Waals surface area contributed by atoms with Gasteiger partial charge in [-0.15, -0.1) is 11.8 Å². The van der Waals surface area contributed by atoms with E-state index in [9.17, 15) is 4.79 Å². The van der Waals surface area contributed by atoms with Gasteiger partial charge >= 0.3 is 5.97 Å². The van der Waals surface area contributed by atoms with Gasteiger partial charge in [-0.05, 0) is 37.0 Å². The number of benzene rings is 1. The minimum Gasteiger partial charge on any atom is -0.478 e. The Labute approximate surface area is 112 Å². The number of carboxylic acid groups (broad SMARTS) is 1. The van der Waals surface area contributed by atoms with E-state index in [-0.39, 0.29) is 0 Å². The fourth-order valence-electron chi connectivity index (χ4n) is 2.43. The molecule has 2 unspecified atom stereocenters. The molecule has 3 N–H and O–H groups in total. The van der Waals surface area contributed by atoms with E-state index in [0.717, 1.165) is 10.8 Å². The first-order chi connectivity index (χ1) is 8.56. The maximum Gasteiger partial charge on any atom is 0.335 e. The zero-order valence-electron chi connectivity index (χ0n) is 10.6. The Hall–Kier alpha value is -1.16. The number of carboxylic acids is 1. The first-order valence-electron chi connectivity index (χ1n) is 6.35. The second-order valence-corrected chi connectivity index (χ2v) is 6.41. The summed E-state index contributed by atoms with van der Waals surface area (Å²) in [6, 6.07) is 4.95. The number of nitrogens with two attached hydrogens (primary N) is 1. The van der Waals surface area contributed by atoms with E-state index in [1.807, 2.05) is 0 Å². The van der Waals surface area contributed by atoms with Crippen LogP contribution in [0.2, 0.25) is 0 Å². The summed E-state index contributed by atoms with van der Waals surface area (Å²) in [5.74, 6) is -0.131. The Bertz CT molecular complexity index is 447. The first kappa shape index (κ1) is 13.3. The predicted octanol–water partition coefficient (Wildman–Crippen LogP) is 3.64. The van der Waals surface area contributed by atoms with Crippen molar-refractivity contribution in [3.63, 3.8) is 0 Å². The molecule has 0 heterocycles. The number of hydrogen-bond donors (Lipinski definition) is 2. The largest absolute Gasteiger partial charge is 0.478 e. The van der Waals surface area contributed by atoms with E-state index >= 15 is 0 Å². The van der Waals surface area contributed by atoms with Crippen molar-refractivity contribution in [3.05, 3.63) is 23.8 Å². The summed E-state index contributed by atoms with van der Waals surface area (Å²) in [5.41, 5.74) is 6.93. The van der Waals surface area contributed by atoms with Crippen molar-refractivity contribution in [3.8, 4) is 0 Å². The smallest absolute Gasteiger partial charge is 0.335 e.